The highest BCUT2D eigenvalue weighted by Crippen LogP contribution is 2.28. The van der Waals surface area contributed by atoms with Crippen LogP contribution in [-0.2, 0) is 6.42 Å². The highest BCUT2D eigenvalue weighted by atomic mass is 79.9. The number of halogens is 1. The minimum atomic E-state index is 0.127. The molecule has 0 aliphatic rings. The van der Waals surface area contributed by atoms with Crippen molar-refractivity contribution >= 4 is 15.9 Å². The third-order valence-electron chi connectivity index (χ3n) is 4.59. The number of nitrogens with one attached hydrogen (secondary N) is 1. The molecule has 0 saturated carbocycles. The molecule has 0 aliphatic carbocycles. The Kier molecular flexibility index (Phi) is 7.17. The fourth-order valence-corrected chi connectivity index (χ4v) is 3.29. The smallest absolute Gasteiger partial charge is 0.133 e. The average molecular weight is 357 g/mol. The van der Waals surface area contributed by atoms with Gasteiger partial charge < -0.3 is 15.0 Å². The van der Waals surface area contributed by atoms with Crippen LogP contribution in [0, 0.1) is 0 Å². The lowest BCUT2D eigenvalue weighted by Gasteiger charge is -2.43. The summed E-state index contributed by atoms with van der Waals surface area (Å²) in [4.78, 5) is 2.33. The summed E-state index contributed by atoms with van der Waals surface area (Å²) in [7, 11) is 6.02. The van der Waals surface area contributed by atoms with Gasteiger partial charge in [0.15, 0.2) is 0 Å². The minimum Gasteiger partial charge on any atom is -0.496 e. The lowest BCUT2D eigenvalue weighted by Crippen LogP contribution is -2.57. The van der Waals surface area contributed by atoms with Crippen molar-refractivity contribution in [3.63, 3.8) is 0 Å². The van der Waals surface area contributed by atoms with Gasteiger partial charge in [-0.1, -0.05) is 19.9 Å². The molecule has 0 heterocycles. The SMILES string of the molecule is CCNC(Cc1ccc(OC)c(Br)c1)C(C)(CC)N(C)C. The Labute approximate surface area is 138 Å². The summed E-state index contributed by atoms with van der Waals surface area (Å²) in [5, 5.41) is 3.66. The second kappa shape index (κ2) is 8.16. The number of benzene rings is 1. The zero-order valence-corrected chi connectivity index (χ0v) is 15.8. The first-order valence-corrected chi connectivity index (χ1v) is 8.41. The number of hydrogen-bond donors (Lipinski definition) is 1. The maximum atomic E-state index is 5.31. The summed E-state index contributed by atoms with van der Waals surface area (Å²) in [6.07, 6.45) is 2.11. The van der Waals surface area contributed by atoms with Gasteiger partial charge in [-0.3, -0.25) is 0 Å². The molecule has 1 aromatic carbocycles. The number of methoxy groups -OCH3 is 1. The van der Waals surface area contributed by atoms with Crippen molar-refractivity contribution in [1.29, 1.82) is 0 Å². The third kappa shape index (κ3) is 4.44. The van der Waals surface area contributed by atoms with Gasteiger partial charge in [0.1, 0.15) is 5.75 Å². The predicted octanol–water partition coefficient (Wildman–Crippen LogP) is 3.71. The lowest BCUT2D eigenvalue weighted by atomic mass is 9.84. The first kappa shape index (κ1) is 18.5. The molecule has 1 aromatic rings. The molecule has 2 unspecified atom stereocenters. The molecule has 2 atom stereocenters. The van der Waals surface area contributed by atoms with Crippen LogP contribution in [0.15, 0.2) is 22.7 Å². The van der Waals surface area contributed by atoms with Crippen molar-refractivity contribution in [2.45, 2.75) is 45.2 Å². The topological polar surface area (TPSA) is 24.5 Å². The van der Waals surface area contributed by atoms with Gasteiger partial charge in [-0.15, -0.1) is 0 Å². The molecule has 0 saturated heterocycles. The second-order valence-corrected chi connectivity index (χ2v) is 6.74. The second-order valence-electron chi connectivity index (χ2n) is 5.89. The summed E-state index contributed by atoms with van der Waals surface area (Å²) in [6.45, 7) is 7.74. The molecule has 1 rings (SSSR count). The molecule has 0 radical (unpaired) electrons. The van der Waals surface area contributed by atoms with Crippen LogP contribution in [0.4, 0.5) is 0 Å². The molecular formula is C17H29BrN2O. The molecule has 120 valence electrons. The minimum absolute atomic E-state index is 0.127. The van der Waals surface area contributed by atoms with Crippen LogP contribution in [-0.4, -0.2) is 44.2 Å². The van der Waals surface area contributed by atoms with E-state index in [1.807, 2.05) is 6.07 Å². The van der Waals surface area contributed by atoms with E-state index in [4.69, 9.17) is 4.74 Å². The molecule has 21 heavy (non-hydrogen) atoms. The summed E-state index contributed by atoms with van der Waals surface area (Å²) in [5.41, 5.74) is 1.44. The fraction of sp³-hybridized carbons (Fsp3) is 0.647. The third-order valence-corrected chi connectivity index (χ3v) is 5.21. The number of hydrogen-bond acceptors (Lipinski definition) is 3. The van der Waals surface area contributed by atoms with Gasteiger partial charge >= 0.3 is 0 Å². The van der Waals surface area contributed by atoms with Crippen molar-refractivity contribution in [2.24, 2.45) is 0 Å². The Bertz CT molecular complexity index is 450. The van der Waals surface area contributed by atoms with Crippen LogP contribution in [0.1, 0.15) is 32.8 Å². The van der Waals surface area contributed by atoms with Gasteiger partial charge in [-0.25, -0.2) is 0 Å². The van der Waals surface area contributed by atoms with Gasteiger partial charge in [-0.05, 0) is 74.0 Å². The fourth-order valence-electron chi connectivity index (χ4n) is 2.71. The summed E-state index contributed by atoms with van der Waals surface area (Å²) >= 11 is 3.58. The lowest BCUT2D eigenvalue weighted by molar-refractivity contribution is 0.113. The van der Waals surface area contributed by atoms with Gasteiger partial charge in [0.05, 0.1) is 11.6 Å². The van der Waals surface area contributed by atoms with Crippen LogP contribution in [0.2, 0.25) is 0 Å². The molecule has 0 amide bonds. The normalized spacial score (nSPS) is 15.8. The predicted molar refractivity (Wildman–Crippen MR) is 94.2 cm³/mol. The van der Waals surface area contributed by atoms with Crippen LogP contribution < -0.4 is 10.1 Å². The van der Waals surface area contributed by atoms with Crippen molar-refractivity contribution < 1.29 is 4.74 Å². The summed E-state index contributed by atoms with van der Waals surface area (Å²) in [5.74, 6) is 0.879. The Balaban J connectivity index is 3.00. The number of likely N-dealkylation sites (N-methyl/N-ethyl adjacent to an activating group) is 2. The van der Waals surface area contributed by atoms with Crippen molar-refractivity contribution in [3.8, 4) is 5.75 Å². The largest absolute Gasteiger partial charge is 0.496 e. The van der Waals surface area contributed by atoms with E-state index in [9.17, 15) is 0 Å². The zero-order chi connectivity index (χ0) is 16.0. The van der Waals surface area contributed by atoms with E-state index in [-0.39, 0.29) is 5.54 Å². The van der Waals surface area contributed by atoms with E-state index in [1.54, 1.807) is 7.11 Å². The van der Waals surface area contributed by atoms with Gasteiger partial charge in [-0.2, -0.15) is 0 Å². The van der Waals surface area contributed by atoms with E-state index in [2.05, 4.69) is 73.1 Å². The zero-order valence-electron chi connectivity index (χ0n) is 14.2. The maximum absolute atomic E-state index is 5.31. The van der Waals surface area contributed by atoms with Crippen molar-refractivity contribution in [2.75, 3.05) is 27.7 Å². The molecule has 0 fully saturated rings. The highest BCUT2D eigenvalue weighted by Gasteiger charge is 2.34. The van der Waals surface area contributed by atoms with Gasteiger partial charge in [0, 0.05) is 11.6 Å². The monoisotopic (exact) mass is 356 g/mol. The molecule has 1 N–H and O–H groups in total. The molecule has 0 bridgehead atoms. The Morgan fingerprint density at radius 1 is 1.33 bits per heavy atom. The van der Waals surface area contributed by atoms with E-state index >= 15 is 0 Å². The first-order valence-electron chi connectivity index (χ1n) is 7.62. The molecule has 0 aliphatic heterocycles. The molecule has 0 aromatic heterocycles. The van der Waals surface area contributed by atoms with Crippen molar-refractivity contribution in [3.05, 3.63) is 28.2 Å². The van der Waals surface area contributed by atoms with Crippen LogP contribution in [0.5, 0.6) is 5.75 Å². The maximum Gasteiger partial charge on any atom is 0.133 e. The quantitative estimate of drug-likeness (QED) is 0.768. The van der Waals surface area contributed by atoms with E-state index in [0.717, 1.165) is 29.6 Å². The van der Waals surface area contributed by atoms with E-state index in [1.165, 1.54) is 5.56 Å². The molecule has 4 heteroatoms. The van der Waals surface area contributed by atoms with Gasteiger partial charge in [0.2, 0.25) is 0 Å². The molecular weight excluding hydrogens is 328 g/mol. The molecule has 3 nitrogen and oxygen atoms in total. The van der Waals surface area contributed by atoms with E-state index < -0.39 is 0 Å². The standard InChI is InChI=1S/C17H29BrN2O/c1-7-17(3,20(4)5)16(19-8-2)12-13-9-10-15(21-6)14(18)11-13/h9-11,16,19H,7-8,12H2,1-6H3. The van der Waals surface area contributed by atoms with Crippen LogP contribution in [0.25, 0.3) is 0 Å². The van der Waals surface area contributed by atoms with Gasteiger partial charge in [0.25, 0.3) is 0 Å². The Morgan fingerprint density at radius 3 is 2.43 bits per heavy atom. The average Bonchev–Trinajstić information content (AvgIpc) is 2.46. The van der Waals surface area contributed by atoms with Crippen LogP contribution >= 0.6 is 15.9 Å². The molecule has 0 spiro atoms. The van der Waals surface area contributed by atoms with Crippen LogP contribution in [0.3, 0.4) is 0 Å². The highest BCUT2D eigenvalue weighted by molar-refractivity contribution is 9.10. The number of nitrogens with zero attached hydrogens (tertiary/aromatic N) is 1. The summed E-state index contributed by atoms with van der Waals surface area (Å²) < 4.78 is 6.32. The summed E-state index contributed by atoms with van der Waals surface area (Å²) in [6, 6.07) is 6.75. The number of ether oxygens (including phenoxy) is 1. The van der Waals surface area contributed by atoms with E-state index in [0.29, 0.717) is 6.04 Å². The van der Waals surface area contributed by atoms with Crippen molar-refractivity contribution in [1.82, 2.24) is 10.2 Å². The Morgan fingerprint density at radius 2 is 2.00 bits per heavy atom. The Hall–Kier alpha value is -0.580. The first-order chi connectivity index (χ1) is 9.88. The number of rotatable bonds is 8.